The number of hydrogen-bond acceptors (Lipinski definition) is 4. The van der Waals surface area contributed by atoms with E-state index < -0.39 is 0 Å². The summed E-state index contributed by atoms with van der Waals surface area (Å²) in [5.41, 5.74) is 0.634. The topological polar surface area (TPSA) is 47.0 Å². The van der Waals surface area contributed by atoms with Crippen molar-refractivity contribution in [2.45, 2.75) is 39.7 Å². The molecule has 0 aliphatic carbocycles. The zero-order valence-electron chi connectivity index (χ0n) is 11.9. The number of nitrogens with zero attached hydrogens (tertiary/aromatic N) is 2. The van der Waals surface area contributed by atoms with Crippen LogP contribution in [0.1, 0.15) is 39.3 Å². The van der Waals surface area contributed by atoms with E-state index in [4.69, 9.17) is 4.74 Å². The van der Waals surface area contributed by atoms with Gasteiger partial charge < -0.3 is 10.1 Å². The third-order valence-corrected chi connectivity index (χ3v) is 2.75. The van der Waals surface area contributed by atoms with Gasteiger partial charge in [0.05, 0.1) is 12.4 Å². The molecule has 0 atom stereocenters. The van der Waals surface area contributed by atoms with Crippen LogP contribution in [0.5, 0.6) is 5.88 Å². The highest BCUT2D eigenvalue weighted by Crippen LogP contribution is 2.14. The highest BCUT2D eigenvalue weighted by molar-refractivity contribution is 5.28. The molecule has 19 heavy (non-hydrogen) atoms. The first-order valence-corrected chi connectivity index (χ1v) is 6.75. The molecule has 0 saturated carbocycles. The van der Waals surface area contributed by atoms with Crippen LogP contribution in [0.25, 0.3) is 0 Å². The van der Waals surface area contributed by atoms with Crippen molar-refractivity contribution < 1.29 is 4.74 Å². The Bertz CT molecular complexity index is 476. The summed E-state index contributed by atoms with van der Waals surface area (Å²) >= 11 is 0. The average Bonchev–Trinajstić information content (AvgIpc) is 2.37. The van der Waals surface area contributed by atoms with E-state index in [1.165, 1.54) is 0 Å². The van der Waals surface area contributed by atoms with Crippen molar-refractivity contribution in [1.29, 1.82) is 0 Å². The molecule has 0 bridgehead atoms. The first-order valence-electron chi connectivity index (χ1n) is 6.75. The lowest BCUT2D eigenvalue weighted by atomic mass is 9.98. The van der Waals surface area contributed by atoms with Crippen molar-refractivity contribution in [3.05, 3.63) is 18.1 Å². The van der Waals surface area contributed by atoms with Crippen molar-refractivity contribution in [3.8, 4) is 17.7 Å². The van der Waals surface area contributed by atoms with Gasteiger partial charge in [0.15, 0.2) is 0 Å². The van der Waals surface area contributed by atoms with Crippen LogP contribution in [0.4, 0.5) is 0 Å². The monoisotopic (exact) mass is 259 g/mol. The van der Waals surface area contributed by atoms with Crippen molar-refractivity contribution in [2.24, 2.45) is 5.41 Å². The number of ether oxygens (including phenoxy) is 1. The molecule has 102 valence electrons. The molecule has 0 aromatic carbocycles. The van der Waals surface area contributed by atoms with Crippen molar-refractivity contribution >= 4 is 0 Å². The first kappa shape index (κ1) is 13.8. The zero-order chi connectivity index (χ0) is 13.7. The number of rotatable bonds is 2. The third-order valence-electron chi connectivity index (χ3n) is 2.75. The van der Waals surface area contributed by atoms with Gasteiger partial charge in [-0.25, -0.2) is 4.98 Å². The number of piperidine rings is 1. The second-order valence-corrected chi connectivity index (χ2v) is 5.81. The molecule has 1 saturated heterocycles. The van der Waals surface area contributed by atoms with Gasteiger partial charge in [0, 0.05) is 5.41 Å². The third kappa shape index (κ3) is 4.88. The van der Waals surface area contributed by atoms with Gasteiger partial charge in [0.25, 0.3) is 0 Å². The summed E-state index contributed by atoms with van der Waals surface area (Å²) in [5.74, 6) is 6.77. The standard InChI is InChI=1S/C15H21N3O/c1-15(2,3)7-4-12-10-17-11-14(18-12)19-13-5-8-16-9-6-13/h10-11,13,16H,5-6,8-9H2,1-3H3. The van der Waals surface area contributed by atoms with Gasteiger partial charge >= 0.3 is 0 Å². The van der Waals surface area contributed by atoms with Gasteiger partial charge in [-0.1, -0.05) is 5.92 Å². The largest absolute Gasteiger partial charge is 0.473 e. The Labute approximate surface area is 115 Å². The van der Waals surface area contributed by atoms with Crippen molar-refractivity contribution in [3.63, 3.8) is 0 Å². The minimum atomic E-state index is -0.0341. The molecule has 0 unspecified atom stereocenters. The van der Waals surface area contributed by atoms with Crippen LogP contribution < -0.4 is 10.1 Å². The summed E-state index contributed by atoms with van der Waals surface area (Å²) in [6, 6.07) is 0. The van der Waals surface area contributed by atoms with E-state index in [1.807, 2.05) is 0 Å². The molecule has 4 heteroatoms. The van der Waals surface area contributed by atoms with E-state index in [-0.39, 0.29) is 11.5 Å². The van der Waals surface area contributed by atoms with E-state index in [1.54, 1.807) is 12.4 Å². The van der Waals surface area contributed by atoms with Gasteiger partial charge in [-0.05, 0) is 52.6 Å². The summed E-state index contributed by atoms with van der Waals surface area (Å²) in [7, 11) is 0. The quantitative estimate of drug-likeness (QED) is 0.825. The molecule has 2 rings (SSSR count). The lowest BCUT2D eigenvalue weighted by Gasteiger charge is -2.22. The maximum atomic E-state index is 5.85. The average molecular weight is 259 g/mol. The molecular weight excluding hydrogens is 238 g/mol. The fourth-order valence-corrected chi connectivity index (χ4v) is 1.80. The Balaban J connectivity index is 2.03. The van der Waals surface area contributed by atoms with Crippen LogP contribution in [-0.4, -0.2) is 29.2 Å². The SMILES string of the molecule is CC(C)(C)C#Cc1cncc(OC2CCNCC2)n1. The predicted molar refractivity (Wildman–Crippen MR) is 74.9 cm³/mol. The zero-order valence-corrected chi connectivity index (χ0v) is 11.9. The van der Waals surface area contributed by atoms with Crippen molar-refractivity contribution in [2.75, 3.05) is 13.1 Å². The van der Waals surface area contributed by atoms with Gasteiger partial charge in [-0.3, -0.25) is 4.98 Å². The maximum Gasteiger partial charge on any atom is 0.233 e. The van der Waals surface area contributed by atoms with Crippen LogP contribution in [0, 0.1) is 17.3 Å². The van der Waals surface area contributed by atoms with E-state index in [0.717, 1.165) is 25.9 Å². The molecule has 4 nitrogen and oxygen atoms in total. The normalized spacial score (nSPS) is 16.6. The smallest absolute Gasteiger partial charge is 0.233 e. The Morgan fingerprint density at radius 1 is 1.26 bits per heavy atom. The highest BCUT2D eigenvalue weighted by Gasteiger charge is 2.15. The number of aromatic nitrogens is 2. The van der Waals surface area contributed by atoms with E-state index in [0.29, 0.717) is 11.6 Å². The minimum absolute atomic E-state index is 0.0341. The Kier molecular flexibility index (Phi) is 4.39. The lowest BCUT2D eigenvalue weighted by Crippen LogP contribution is -2.34. The van der Waals surface area contributed by atoms with E-state index in [9.17, 15) is 0 Å². The van der Waals surface area contributed by atoms with Crippen LogP contribution in [-0.2, 0) is 0 Å². The Morgan fingerprint density at radius 3 is 2.68 bits per heavy atom. The van der Waals surface area contributed by atoms with Gasteiger partial charge in [-0.2, -0.15) is 0 Å². The molecule has 0 amide bonds. The summed E-state index contributed by atoms with van der Waals surface area (Å²) in [5, 5.41) is 3.31. The van der Waals surface area contributed by atoms with E-state index in [2.05, 4.69) is 47.9 Å². The second-order valence-electron chi connectivity index (χ2n) is 5.81. The van der Waals surface area contributed by atoms with Crippen molar-refractivity contribution in [1.82, 2.24) is 15.3 Å². The Morgan fingerprint density at radius 2 is 2.00 bits per heavy atom. The molecule has 1 aliphatic heterocycles. The molecule has 0 spiro atoms. The molecule has 1 N–H and O–H groups in total. The molecule has 1 fully saturated rings. The van der Waals surface area contributed by atoms with Crippen LogP contribution in [0.2, 0.25) is 0 Å². The summed E-state index contributed by atoms with van der Waals surface area (Å²) in [6.45, 7) is 8.22. The molecular formula is C15H21N3O. The predicted octanol–water partition coefficient (Wildman–Crippen LogP) is 2.00. The molecule has 1 aliphatic rings. The first-order chi connectivity index (χ1) is 9.03. The van der Waals surface area contributed by atoms with E-state index >= 15 is 0 Å². The van der Waals surface area contributed by atoms with Crippen LogP contribution >= 0.6 is 0 Å². The van der Waals surface area contributed by atoms with Gasteiger partial charge in [0.2, 0.25) is 5.88 Å². The minimum Gasteiger partial charge on any atom is -0.473 e. The summed E-state index contributed by atoms with van der Waals surface area (Å²) in [4.78, 5) is 8.54. The number of hydrogen-bond donors (Lipinski definition) is 1. The number of nitrogens with one attached hydrogen (secondary N) is 1. The van der Waals surface area contributed by atoms with Crippen LogP contribution in [0.3, 0.4) is 0 Å². The fraction of sp³-hybridized carbons (Fsp3) is 0.600. The second kappa shape index (κ2) is 6.03. The fourth-order valence-electron chi connectivity index (χ4n) is 1.80. The summed E-state index contributed by atoms with van der Waals surface area (Å²) < 4.78 is 5.85. The summed E-state index contributed by atoms with van der Waals surface area (Å²) in [6.07, 6.45) is 5.60. The van der Waals surface area contributed by atoms with Crippen LogP contribution in [0.15, 0.2) is 12.4 Å². The molecule has 2 heterocycles. The highest BCUT2D eigenvalue weighted by atomic mass is 16.5. The van der Waals surface area contributed by atoms with Gasteiger partial charge in [0.1, 0.15) is 11.8 Å². The Hall–Kier alpha value is -1.60. The molecule has 1 aromatic rings. The molecule has 0 radical (unpaired) electrons. The maximum absolute atomic E-state index is 5.85. The lowest BCUT2D eigenvalue weighted by molar-refractivity contribution is 0.155. The molecule has 1 aromatic heterocycles. The van der Waals surface area contributed by atoms with Gasteiger partial charge in [-0.15, -0.1) is 0 Å².